The van der Waals surface area contributed by atoms with Crippen molar-refractivity contribution in [3.63, 3.8) is 0 Å². The fourth-order valence-corrected chi connectivity index (χ4v) is 2.13. The molecule has 1 rings (SSSR count). The number of aliphatic hydroxyl groups excluding tert-OH is 1. The maximum absolute atomic E-state index is 9.01. The van der Waals surface area contributed by atoms with Gasteiger partial charge in [0.05, 0.1) is 24.9 Å². The Labute approximate surface area is 103 Å². The van der Waals surface area contributed by atoms with E-state index in [0.29, 0.717) is 0 Å². The van der Waals surface area contributed by atoms with Gasteiger partial charge in [0.1, 0.15) is 0 Å². The standard InChI is InChI=1S/C12H23N3O2/c1-2-3-4-5-6-7-8-11-12(17-11)10(9-16)14-15-13/h10-12,16H,2-9H2,1H3/t10-,11-,12-/m0/s1. The summed E-state index contributed by atoms with van der Waals surface area (Å²) in [5.74, 6) is 0. The molecule has 5 heteroatoms. The van der Waals surface area contributed by atoms with Gasteiger partial charge < -0.3 is 9.84 Å². The number of azide groups is 1. The predicted molar refractivity (Wildman–Crippen MR) is 66.7 cm³/mol. The highest BCUT2D eigenvalue weighted by molar-refractivity contribution is 4.94. The van der Waals surface area contributed by atoms with Crippen LogP contribution in [0, 0.1) is 0 Å². The minimum absolute atomic E-state index is 0.0495. The zero-order valence-corrected chi connectivity index (χ0v) is 10.6. The summed E-state index contributed by atoms with van der Waals surface area (Å²) in [6, 6.07) is -0.398. The summed E-state index contributed by atoms with van der Waals surface area (Å²) in [5, 5.41) is 12.5. The van der Waals surface area contributed by atoms with Crippen molar-refractivity contribution < 1.29 is 9.84 Å². The molecule has 1 N–H and O–H groups in total. The minimum atomic E-state index is -0.398. The van der Waals surface area contributed by atoms with Crippen LogP contribution in [0.25, 0.3) is 10.4 Å². The molecule has 0 aliphatic carbocycles. The Morgan fingerprint density at radius 2 is 2.00 bits per heavy atom. The first kappa shape index (κ1) is 14.3. The van der Waals surface area contributed by atoms with Crippen molar-refractivity contribution in [2.45, 2.75) is 70.1 Å². The molecule has 0 radical (unpaired) electrons. The summed E-state index contributed by atoms with van der Waals surface area (Å²) < 4.78 is 5.43. The Morgan fingerprint density at radius 3 is 2.65 bits per heavy atom. The summed E-state index contributed by atoms with van der Waals surface area (Å²) >= 11 is 0. The molecule has 1 aliphatic heterocycles. The van der Waals surface area contributed by atoms with Gasteiger partial charge in [-0.2, -0.15) is 0 Å². The maximum Gasteiger partial charge on any atom is 0.0948 e. The van der Waals surface area contributed by atoms with Gasteiger partial charge in [0.25, 0.3) is 0 Å². The van der Waals surface area contributed by atoms with E-state index in [2.05, 4.69) is 16.9 Å². The van der Waals surface area contributed by atoms with Gasteiger partial charge in [-0.05, 0) is 12.0 Å². The second-order valence-electron chi connectivity index (χ2n) is 4.65. The Morgan fingerprint density at radius 1 is 1.29 bits per heavy atom. The van der Waals surface area contributed by atoms with E-state index in [4.69, 9.17) is 15.4 Å². The molecule has 0 bridgehead atoms. The van der Waals surface area contributed by atoms with Crippen LogP contribution < -0.4 is 0 Å². The quantitative estimate of drug-likeness (QED) is 0.209. The van der Waals surface area contributed by atoms with Crippen LogP contribution in [0.5, 0.6) is 0 Å². The predicted octanol–water partition coefficient (Wildman–Crippen LogP) is 3.18. The van der Waals surface area contributed by atoms with E-state index in [1.165, 1.54) is 38.5 Å². The number of hydrogen-bond donors (Lipinski definition) is 1. The summed E-state index contributed by atoms with van der Waals surface area (Å²) in [6.07, 6.45) is 8.81. The van der Waals surface area contributed by atoms with E-state index >= 15 is 0 Å². The van der Waals surface area contributed by atoms with Gasteiger partial charge in [-0.15, -0.1) is 0 Å². The molecule has 0 amide bonds. The lowest BCUT2D eigenvalue weighted by molar-refractivity contribution is 0.235. The third kappa shape index (κ3) is 5.39. The highest BCUT2D eigenvalue weighted by Gasteiger charge is 2.43. The highest BCUT2D eigenvalue weighted by Crippen LogP contribution is 2.31. The second-order valence-corrected chi connectivity index (χ2v) is 4.65. The molecule has 0 saturated carbocycles. The molecule has 98 valence electrons. The zero-order valence-electron chi connectivity index (χ0n) is 10.6. The molecule has 0 spiro atoms. The molecule has 3 atom stereocenters. The number of hydrogen-bond acceptors (Lipinski definition) is 3. The van der Waals surface area contributed by atoms with Gasteiger partial charge >= 0.3 is 0 Å². The van der Waals surface area contributed by atoms with E-state index in [-0.39, 0.29) is 18.8 Å². The van der Waals surface area contributed by atoms with E-state index in [1.54, 1.807) is 0 Å². The Balaban J connectivity index is 2.02. The summed E-state index contributed by atoms with van der Waals surface area (Å²) in [5.41, 5.74) is 8.32. The van der Waals surface area contributed by atoms with Gasteiger partial charge in [-0.25, -0.2) is 0 Å². The van der Waals surface area contributed by atoms with Crippen molar-refractivity contribution in [1.29, 1.82) is 0 Å². The highest BCUT2D eigenvalue weighted by atomic mass is 16.6. The molecule has 1 fully saturated rings. The lowest BCUT2D eigenvalue weighted by atomic mass is 10.1. The number of aliphatic hydroxyl groups is 1. The molecular weight excluding hydrogens is 218 g/mol. The van der Waals surface area contributed by atoms with Crippen molar-refractivity contribution in [2.75, 3.05) is 6.61 Å². The lowest BCUT2D eigenvalue weighted by Gasteiger charge is -2.02. The first-order chi connectivity index (χ1) is 8.33. The van der Waals surface area contributed by atoms with Crippen LogP contribution in [0.4, 0.5) is 0 Å². The second kappa shape index (κ2) is 8.34. The normalized spacial score (nSPS) is 24.1. The van der Waals surface area contributed by atoms with Crippen molar-refractivity contribution in [2.24, 2.45) is 5.11 Å². The smallest absolute Gasteiger partial charge is 0.0948 e. The maximum atomic E-state index is 9.01. The number of ether oxygens (including phenoxy) is 1. The topological polar surface area (TPSA) is 81.5 Å². The van der Waals surface area contributed by atoms with Gasteiger partial charge in [-0.3, -0.25) is 0 Å². The fourth-order valence-electron chi connectivity index (χ4n) is 2.13. The fraction of sp³-hybridized carbons (Fsp3) is 1.00. The van der Waals surface area contributed by atoms with Crippen LogP contribution in [0.15, 0.2) is 5.11 Å². The Hall–Kier alpha value is -0.770. The van der Waals surface area contributed by atoms with Crippen LogP contribution in [-0.2, 0) is 4.74 Å². The molecule has 17 heavy (non-hydrogen) atoms. The summed E-state index contributed by atoms with van der Waals surface area (Å²) in [6.45, 7) is 2.09. The molecule has 0 unspecified atom stereocenters. The van der Waals surface area contributed by atoms with Crippen LogP contribution >= 0.6 is 0 Å². The minimum Gasteiger partial charge on any atom is -0.396 e. The lowest BCUT2D eigenvalue weighted by Crippen LogP contribution is -2.18. The molecule has 0 aromatic rings. The molecule has 5 nitrogen and oxygen atoms in total. The van der Waals surface area contributed by atoms with Crippen molar-refractivity contribution >= 4 is 0 Å². The number of nitrogens with zero attached hydrogens (tertiary/aromatic N) is 3. The van der Waals surface area contributed by atoms with Crippen LogP contribution in [0.1, 0.15) is 51.9 Å². The summed E-state index contributed by atoms with van der Waals surface area (Å²) in [7, 11) is 0. The number of rotatable bonds is 10. The SMILES string of the molecule is CCCCCCCC[C@@H]1O[C@H]1[C@H](CO)N=[N+]=[N-]. The molecule has 1 heterocycles. The molecule has 1 saturated heterocycles. The van der Waals surface area contributed by atoms with Gasteiger partial charge in [0, 0.05) is 4.91 Å². The zero-order chi connectivity index (χ0) is 12.5. The monoisotopic (exact) mass is 241 g/mol. The molecule has 0 aromatic heterocycles. The van der Waals surface area contributed by atoms with Gasteiger partial charge in [0.15, 0.2) is 0 Å². The Kier molecular flexibility index (Phi) is 7.01. The van der Waals surface area contributed by atoms with Crippen molar-refractivity contribution in [3.8, 4) is 0 Å². The molecular formula is C12H23N3O2. The third-order valence-electron chi connectivity index (χ3n) is 3.23. The van der Waals surface area contributed by atoms with E-state index in [9.17, 15) is 0 Å². The summed E-state index contributed by atoms with van der Waals surface area (Å²) in [4.78, 5) is 2.72. The van der Waals surface area contributed by atoms with E-state index < -0.39 is 6.04 Å². The average Bonchev–Trinajstić information content (AvgIpc) is 3.10. The van der Waals surface area contributed by atoms with Crippen LogP contribution in [-0.4, -0.2) is 30.0 Å². The molecule has 0 aromatic carbocycles. The average molecular weight is 241 g/mol. The van der Waals surface area contributed by atoms with Gasteiger partial charge in [-0.1, -0.05) is 50.6 Å². The largest absolute Gasteiger partial charge is 0.396 e. The third-order valence-corrected chi connectivity index (χ3v) is 3.23. The van der Waals surface area contributed by atoms with E-state index in [0.717, 1.165) is 6.42 Å². The van der Waals surface area contributed by atoms with Crippen LogP contribution in [0.2, 0.25) is 0 Å². The van der Waals surface area contributed by atoms with Crippen molar-refractivity contribution in [1.82, 2.24) is 0 Å². The van der Waals surface area contributed by atoms with Gasteiger partial charge in [0.2, 0.25) is 0 Å². The Bertz CT molecular complexity index is 254. The van der Waals surface area contributed by atoms with Crippen LogP contribution in [0.3, 0.4) is 0 Å². The number of epoxide rings is 1. The first-order valence-electron chi connectivity index (χ1n) is 6.64. The van der Waals surface area contributed by atoms with Crippen molar-refractivity contribution in [3.05, 3.63) is 10.4 Å². The molecule has 1 aliphatic rings. The number of unbranched alkanes of at least 4 members (excludes halogenated alkanes) is 5. The first-order valence-corrected chi connectivity index (χ1v) is 6.64. The van der Waals surface area contributed by atoms with E-state index in [1.807, 2.05) is 0 Å².